The molecule has 0 aliphatic rings. The first-order valence-electron chi connectivity index (χ1n) is 10.2. The Morgan fingerprint density at radius 1 is 1.09 bits per heavy atom. The smallest absolute Gasteiger partial charge is 0.303 e. The highest BCUT2D eigenvalue weighted by molar-refractivity contribution is 7.11. The molecule has 1 amide bonds. The van der Waals surface area contributed by atoms with Crippen LogP contribution in [0.15, 0.2) is 60.2 Å². The molecule has 0 aliphatic heterocycles. The predicted octanol–water partition coefficient (Wildman–Crippen LogP) is 5.00. The van der Waals surface area contributed by atoms with Crippen LogP contribution in [0.3, 0.4) is 0 Å². The number of hydrogen-bond donors (Lipinski definition) is 2. The first-order chi connectivity index (χ1) is 15.3. The molecule has 2 aromatic heterocycles. The van der Waals surface area contributed by atoms with E-state index in [0.29, 0.717) is 12.0 Å². The van der Waals surface area contributed by atoms with Crippen LogP contribution in [0.4, 0.5) is 0 Å². The molecule has 4 rings (SSSR count). The Morgan fingerprint density at radius 3 is 2.44 bits per heavy atom. The lowest BCUT2D eigenvalue weighted by atomic mass is 9.92. The molecule has 3 N–H and O–H groups in total. The molecule has 2 heterocycles. The Labute approximate surface area is 190 Å². The van der Waals surface area contributed by atoms with Gasteiger partial charge in [-0.2, -0.15) is 0 Å². The van der Waals surface area contributed by atoms with E-state index in [-0.39, 0.29) is 6.42 Å². The normalized spacial score (nSPS) is 10.9. The number of imidazole rings is 1. The van der Waals surface area contributed by atoms with Crippen LogP contribution >= 0.6 is 11.3 Å². The van der Waals surface area contributed by atoms with Gasteiger partial charge in [-0.1, -0.05) is 18.2 Å². The maximum atomic E-state index is 11.6. The fourth-order valence-electron chi connectivity index (χ4n) is 3.86. The first kappa shape index (κ1) is 21.5. The van der Waals surface area contributed by atoms with Crippen molar-refractivity contribution in [3.8, 4) is 27.9 Å². The van der Waals surface area contributed by atoms with E-state index in [1.54, 1.807) is 29.7 Å². The van der Waals surface area contributed by atoms with E-state index in [1.807, 2.05) is 42.8 Å². The van der Waals surface area contributed by atoms with Gasteiger partial charge in [-0.05, 0) is 66.6 Å². The highest BCUT2D eigenvalue weighted by Crippen LogP contribution is 2.41. The Bertz CT molecular complexity index is 1300. The molecule has 0 fully saturated rings. The van der Waals surface area contributed by atoms with E-state index in [9.17, 15) is 14.7 Å². The third kappa shape index (κ3) is 4.20. The SMILES string of the molecule is Cc1cc(C(N)=O)ccc1-c1c(-c2ccc(-n3ccnc3C)cc2)csc1CCC(=O)O. The number of nitrogens with two attached hydrogens (primary N) is 1. The summed E-state index contributed by atoms with van der Waals surface area (Å²) >= 11 is 1.56. The van der Waals surface area contributed by atoms with Crippen molar-refractivity contribution >= 4 is 23.2 Å². The molecule has 0 saturated heterocycles. The molecule has 0 unspecified atom stereocenters. The van der Waals surface area contributed by atoms with Crippen LogP contribution in [0.2, 0.25) is 0 Å². The molecule has 6 nitrogen and oxygen atoms in total. The van der Waals surface area contributed by atoms with E-state index in [0.717, 1.165) is 44.2 Å². The van der Waals surface area contributed by atoms with Crippen LogP contribution in [-0.2, 0) is 11.2 Å². The zero-order valence-electron chi connectivity index (χ0n) is 17.8. The quantitative estimate of drug-likeness (QED) is 0.418. The Kier molecular flexibility index (Phi) is 5.92. The molecule has 0 radical (unpaired) electrons. The number of aryl methyl sites for hydroxylation is 3. The van der Waals surface area contributed by atoms with Crippen molar-refractivity contribution in [3.05, 3.63) is 82.1 Å². The summed E-state index contributed by atoms with van der Waals surface area (Å²) in [6.07, 6.45) is 4.20. The van der Waals surface area contributed by atoms with Gasteiger partial charge in [-0.25, -0.2) is 4.98 Å². The maximum absolute atomic E-state index is 11.6. The second kappa shape index (κ2) is 8.80. The van der Waals surface area contributed by atoms with Gasteiger partial charge < -0.3 is 15.4 Å². The number of carbonyl (C=O) groups excluding carboxylic acids is 1. The van der Waals surface area contributed by atoms with Crippen molar-refractivity contribution in [2.24, 2.45) is 5.73 Å². The van der Waals surface area contributed by atoms with E-state index in [4.69, 9.17) is 5.73 Å². The number of benzene rings is 2. The van der Waals surface area contributed by atoms with E-state index in [1.165, 1.54) is 0 Å². The van der Waals surface area contributed by atoms with Crippen molar-refractivity contribution in [2.75, 3.05) is 0 Å². The van der Waals surface area contributed by atoms with Gasteiger partial charge in [0, 0.05) is 39.6 Å². The van der Waals surface area contributed by atoms with Crippen molar-refractivity contribution in [1.82, 2.24) is 9.55 Å². The molecule has 4 aromatic rings. The zero-order chi connectivity index (χ0) is 22.8. The van der Waals surface area contributed by atoms with Gasteiger partial charge in [0.25, 0.3) is 0 Å². The highest BCUT2D eigenvalue weighted by atomic mass is 32.1. The first-order valence-corrected chi connectivity index (χ1v) is 11.1. The Hall–Kier alpha value is -3.71. The highest BCUT2D eigenvalue weighted by Gasteiger charge is 2.18. The number of nitrogens with zero attached hydrogens (tertiary/aromatic N) is 2. The molecule has 0 spiro atoms. The molecular formula is C25H23N3O3S. The summed E-state index contributed by atoms with van der Waals surface area (Å²) in [6, 6.07) is 13.6. The second-order valence-electron chi connectivity index (χ2n) is 7.63. The third-order valence-corrected chi connectivity index (χ3v) is 6.54. The zero-order valence-corrected chi connectivity index (χ0v) is 18.6. The largest absolute Gasteiger partial charge is 0.481 e. The summed E-state index contributed by atoms with van der Waals surface area (Å²) in [5.41, 5.74) is 11.9. The van der Waals surface area contributed by atoms with Gasteiger partial charge in [-0.3, -0.25) is 9.59 Å². The number of rotatable bonds is 7. The van der Waals surface area contributed by atoms with Crippen LogP contribution in [0.25, 0.3) is 27.9 Å². The summed E-state index contributed by atoms with van der Waals surface area (Å²) in [7, 11) is 0. The fourth-order valence-corrected chi connectivity index (χ4v) is 4.93. The topological polar surface area (TPSA) is 98.2 Å². The third-order valence-electron chi connectivity index (χ3n) is 5.50. The predicted molar refractivity (Wildman–Crippen MR) is 126 cm³/mol. The van der Waals surface area contributed by atoms with Crippen LogP contribution < -0.4 is 5.73 Å². The van der Waals surface area contributed by atoms with Crippen molar-refractivity contribution < 1.29 is 14.7 Å². The lowest BCUT2D eigenvalue weighted by molar-refractivity contribution is -0.136. The van der Waals surface area contributed by atoms with Gasteiger partial charge in [0.05, 0.1) is 6.42 Å². The number of hydrogen-bond acceptors (Lipinski definition) is 4. The van der Waals surface area contributed by atoms with Crippen LogP contribution in [0.1, 0.15) is 33.0 Å². The van der Waals surface area contributed by atoms with Crippen LogP contribution in [0.5, 0.6) is 0 Å². The van der Waals surface area contributed by atoms with E-state index in [2.05, 4.69) is 22.5 Å². The summed E-state index contributed by atoms with van der Waals surface area (Å²) in [6.45, 7) is 3.90. The molecule has 0 saturated carbocycles. The Morgan fingerprint density at radius 2 is 1.84 bits per heavy atom. The number of carbonyl (C=O) groups is 2. The number of aliphatic carboxylic acids is 1. The van der Waals surface area contributed by atoms with Crippen LogP contribution in [0, 0.1) is 13.8 Å². The molecule has 2 aromatic carbocycles. The number of amides is 1. The number of primary amides is 1. The van der Waals surface area contributed by atoms with Crippen molar-refractivity contribution in [3.63, 3.8) is 0 Å². The molecular weight excluding hydrogens is 422 g/mol. The minimum atomic E-state index is -0.827. The maximum Gasteiger partial charge on any atom is 0.303 e. The molecule has 162 valence electrons. The summed E-state index contributed by atoms with van der Waals surface area (Å²) in [4.78, 5) is 28.1. The van der Waals surface area contributed by atoms with Crippen LogP contribution in [-0.4, -0.2) is 26.5 Å². The van der Waals surface area contributed by atoms with E-state index >= 15 is 0 Å². The number of thiophene rings is 1. The lowest BCUT2D eigenvalue weighted by Gasteiger charge is -2.13. The minimum absolute atomic E-state index is 0.0597. The van der Waals surface area contributed by atoms with Gasteiger partial charge >= 0.3 is 5.97 Å². The molecule has 7 heteroatoms. The monoisotopic (exact) mass is 445 g/mol. The molecule has 0 atom stereocenters. The summed E-state index contributed by atoms with van der Waals surface area (Å²) < 4.78 is 2.02. The molecule has 0 aliphatic carbocycles. The minimum Gasteiger partial charge on any atom is -0.481 e. The van der Waals surface area contributed by atoms with E-state index < -0.39 is 11.9 Å². The fraction of sp³-hybridized carbons (Fsp3) is 0.160. The molecule has 0 bridgehead atoms. The second-order valence-corrected chi connectivity index (χ2v) is 8.59. The summed E-state index contributed by atoms with van der Waals surface area (Å²) in [5, 5.41) is 11.3. The average molecular weight is 446 g/mol. The number of carboxylic acid groups (broad SMARTS) is 1. The van der Waals surface area contributed by atoms with Gasteiger partial charge in [0.2, 0.25) is 5.91 Å². The van der Waals surface area contributed by atoms with Gasteiger partial charge in [0.15, 0.2) is 0 Å². The van der Waals surface area contributed by atoms with Gasteiger partial charge in [-0.15, -0.1) is 11.3 Å². The molecule has 32 heavy (non-hydrogen) atoms. The van der Waals surface area contributed by atoms with Crippen molar-refractivity contribution in [1.29, 1.82) is 0 Å². The lowest BCUT2D eigenvalue weighted by Crippen LogP contribution is -2.11. The Balaban J connectivity index is 1.80. The number of carboxylic acids is 1. The van der Waals surface area contributed by atoms with Gasteiger partial charge in [0.1, 0.15) is 5.82 Å². The average Bonchev–Trinajstić information content (AvgIpc) is 3.38. The van der Waals surface area contributed by atoms with Crippen molar-refractivity contribution in [2.45, 2.75) is 26.7 Å². The standard InChI is InChI=1S/C25H23N3O3S/c1-15-13-18(25(26)31)5-8-20(15)24-21(14-32-22(24)9-10-23(29)30)17-3-6-19(7-4-17)28-12-11-27-16(28)2/h3-8,11-14H,9-10H2,1-2H3,(H2,26,31)(H,29,30). The summed E-state index contributed by atoms with van der Waals surface area (Å²) in [5.74, 6) is -0.386. The number of aromatic nitrogens is 2.